The third kappa shape index (κ3) is 4.69. The van der Waals surface area contributed by atoms with Crippen LogP contribution in [0.1, 0.15) is 37.0 Å². The molecule has 0 aliphatic heterocycles. The van der Waals surface area contributed by atoms with Crippen molar-refractivity contribution in [3.05, 3.63) is 30.0 Å². The van der Waals surface area contributed by atoms with Gasteiger partial charge in [-0.3, -0.25) is 14.9 Å². The molecule has 128 valence electrons. The molecule has 24 heavy (non-hydrogen) atoms. The topological polar surface area (TPSA) is 106 Å². The zero-order valence-corrected chi connectivity index (χ0v) is 14.4. The SMILES string of the molecule is CCCCNc1cccc(OC(C)=O)c1C(=O)Nc1ncc(N)s1. The van der Waals surface area contributed by atoms with Gasteiger partial charge in [0.25, 0.3) is 5.91 Å². The number of benzene rings is 1. The molecule has 0 bridgehead atoms. The van der Waals surface area contributed by atoms with E-state index < -0.39 is 11.9 Å². The molecule has 0 fully saturated rings. The zero-order chi connectivity index (χ0) is 17.5. The number of hydrogen-bond donors (Lipinski definition) is 3. The summed E-state index contributed by atoms with van der Waals surface area (Å²) in [6.45, 7) is 4.09. The van der Waals surface area contributed by atoms with E-state index in [1.165, 1.54) is 13.1 Å². The molecule has 0 aliphatic rings. The number of anilines is 3. The van der Waals surface area contributed by atoms with E-state index >= 15 is 0 Å². The molecule has 1 heterocycles. The number of nitrogen functional groups attached to an aromatic ring is 1. The van der Waals surface area contributed by atoms with Crippen molar-refractivity contribution >= 4 is 39.0 Å². The highest BCUT2D eigenvalue weighted by Gasteiger charge is 2.20. The standard InChI is InChI=1S/C16H20N4O3S/c1-3-4-8-18-11-6-5-7-12(23-10(2)21)14(11)15(22)20-16-19-9-13(17)24-16/h5-7,9,18H,3-4,8,17H2,1-2H3,(H,19,20,22). The number of nitrogens with one attached hydrogen (secondary N) is 2. The van der Waals surface area contributed by atoms with Crippen molar-refractivity contribution in [2.45, 2.75) is 26.7 Å². The molecule has 0 atom stereocenters. The second kappa shape index (κ2) is 8.30. The number of rotatable bonds is 7. The van der Waals surface area contributed by atoms with Gasteiger partial charge in [-0.15, -0.1) is 0 Å². The lowest BCUT2D eigenvalue weighted by Gasteiger charge is -2.14. The Hall–Kier alpha value is -2.61. The number of carbonyl (C=O) groups is 2. The first kappa shape index (κ1) is 17.7. The van der Waals surface area contributed by atoms with Gasteiger partial charge in [0.15, 0.2) is 5.13 Å². The second-order valence-electron chi connectivity index (χ2n) is 5.07. The van der Waals surface area contributed by atoms with Gasteiger partial charge >= 0.3 is 5.97 Å². The predicted molar refractivity (Wildman–Crippen MR) is 95.6 cm³/mol. The third-order valence-electron chi connectivity index (χ3n) is 3.10. The van der Waals surface area contributed by atoms with Gasteiger partial charge in [0, 0.05) is 13.5 Å². The molecule has 0 saturated carbocycles. The number of ether oxygens (including phenoxy) is 1. The zero-order valence-electron chi connectivity index (χ0n) is 13.6. The van der Waals surface area contributed by atoms with Gasteiger partial charge in [0.05, 0.1) is 11.9 Å². The van der Waals surface area contributed by atoms with Crippen LogP contribution in [0.25, 0.3) is 0 Å². The van der Waals surface area contributed by atoms with Crippen molar-refractivity contribution in [3.8, 4) is 5.75 Å². The maximum atomic E-state index is 12.7. The Morgan fingerprint density at radius 2 is 2.17 bits per heavy atom. The smallest absolute Gasteiger partial charge is 0.308 e. The lowest BCUT2D eigenvalue weighted by Crippen LogP contribution is -2.17. The van der Waals surface area contributed by atoms with Crippen LogP contribution >= 0.6 is 11.3 Å². The van der Waals surface area contributed by atoms with Gasteiger partial charge in [0.2, 0.25) is 0 Å². The average molecular weight is 348 g/mol. The molecule has 8 heteroatoms. The van der Waals surface area contributed by atoms with Crippen LogP contribution in [0.4, 0.5) is 15.8 Å². The van der Waals surface area contributed by atoms with Crippen molar-refractivity contribution in [1.82, 2.24) is 4.98 Å². The Balaban J connectivity index is 2.30. The van der Waals surface area contributed by atoms with Gasteiger partial charge in [-0.1, -0.05) is 30.7 Å². The third-order valence-corrected chi connectivity index (χ3v) is 3.84. The molecule has 1 aromatic carbocycles. The first-order valence-corrected chi connectivity index (χ1v) is 8.41. The Labute approximate surface area is 144 Å². The number of esters is 1. The van der Waals surface area contributed by atoms with E-state index in [0.29, 0.717) is 22.4 Å². The first-order chi connectivity index (χ1) is 11.5. The summed E-state index contributed by atoms with van der Waals surface area (Å²) >= 11 is 1.16. The minimum absolute atomic E-state index is 0.200. The number of carbonyl (C=O) groups excluding carboxylic acids is 2. The minimum atomic E-state index is -0.492. The molecule has 7 nitrogen and oxygen atoms in total. The highest BCUT2D eigenvalue weighted by atomic mass is 32.1. The van der Waals surface area contributed by atoms with E-state index in [4.69, 9.17) is 10.5 Å². The van der Waals surface area contributed by atoms with Crippen molar-refractivity contribution in [2.24, 2.45) is 0 Å². The van der Waals surface area contributed by atoms with Crippen molar-refractivity contribution < 1.29 is 14.3 Å². The maximum Gasteiger partial charge on any atom is 0.308 e. The van der Waals surface area contributed by atoms with Gasteiger partial charge in [0.1, 0.15) is 16.3 Å². The summed E-state index contributed by atoms with van der Waals surface area (Å²) in [7, 11) is 0. The fourth-order valence-electron chi connectivity index (χ4n) is 2.06. The molecule has 2 rings (SSSR count). The quantitative estimate of drug-likeness (QED) is 0.403. The van der Waals surface area contributed by atoms with E-state index in [1.807, 2.05) is 0 Å². The monoisotopic (exact) mass is 348 g/mol. The van der Waals surface area contributed by atoms with Crippen LogP contribution in [-0.4, -0.2) is 23.4 Å². The fraction of sp³-hybridized carbons (Fsp3) is 0.312. The van der Waals surface area contributed by atoms with E-state index in [-0.39, 0.29) is 11.3 Å². The molecular formula is C16H20N4O3S. The predicted octanol–water partition coefficient (Wildman–Crippen LogP) is 3.11. The Morgan fingerprint density at radius 1 is 1.38 bits per heavy atom. The van der Waals surface area contributed by atoms with Crippen LogP contribution in [-0.2, 0) is 4.79 Å². The first-order valence-electron chi connectivity index (χ1n) is 7.59. The maximum absolute atomic E-state index is 12.7. The average Bonchev–Trinajstić information content (AvgIpc) is 2.92. The van der Waals surface area contributed by atoms with Crippen LogP contribution in [0.5, 0.6) is 5.75 Å². The number of hydrogen-bond acceptors (Lipinski definition) is 7. The highest BCUT2D eigenvalue weighted by Crippen LogP contribution is 2.29. The number of aromatic nitrogens is 1. The summed E-state index contributed by atoms with van der Waals surface area (Å²) in [5.74, 6) is -0.709. The largest absolute Gasteiger partial charge is 0.426 e. The number of unbranched alkanes of at least 4 members (excludes halogenated alkanes) is 1. The molecule has 4 N–H and O–H groups in total. The van der Waals surface area contributed by atoms with Crippen molar-refractivity contribution in [3.63, 3.8) is 0 Å². The summed E-state index contributed by atoms with van der Waals surface area (Å²) in [4.78, 5) is 28.0. The Bertz CT molecular complexity index is 730. The van der Waals surface area contributed by atoms with E-state index in [1.54, 1.807) is 18.2 Å². The van der Waals surface area contributed by atoms with Crippen LogP contribution < -0.4 is 21.1 Å². The summed E-state index contributed by atoms with van der Waals surface area (Å²) in [6, 6.07) is 5.08. The molecule has 2 aromatic rings. The van der Waals surface area contributed by atoms with Crippen molar-refractivity contribution in [1.29, 1.82) is 0 Å². The fourth-order valence-corrected chi connectivity index (χ4v) is 2.63. The molecule has 0 saturated heterocycles. The summed E-state index contributed by atoms with van der Waals surface area (Å²) < 4.78 is 5.17. The summed E-state index contributed by atoms with van der Waals surface area (Å²) in [6.07, 6.45) is 3.46. The molecule has 1 amide bonds. The molecule has 0 unspecified atom stereocenters. The number of nitrogens with zero attached hydrogens (tertiary/aromatic N) is 1. The van der Waals surface area contributed by atoms with Gasteiger partial charge in [-0.2, -0.15) is 0 Å². The molecular weight excluding hydrogens is 328 g/mol. The molecule has 0 aliphatic carbocycles. The Kier molecular flexibility index (Phi) is 6.14. The minimum Gasteiger partial charge on any atom is -0.426 e. The lowest BCUT2D eigenvalue weighted by molar-refractivity contribution is -0.131. The lowest BCUT2D eigenvalue weighted by atomic mass is 10.1. The molecule has 0 radical (unpaired) electrons. The van der Waals surface area contributed by atoms with Gasteiger partial charge in [-0.05, 0) is 18.6 Å². The molecule has 1 aromatic heterocycles. The van der Waals surface area contributed by atoms with Crippen LogP contribution in [0.15, 0.2) is 24.4 Å². The van der Waals surface area contributed by atoms with Crippen LogP contribution in [0.3, 0.4) is 0 Å². The van der Waals surface area contributed by atoms with Gasteiger partial charge in [-0.25, -0.2) is 4.98 Å². The second-order valence-corrected chi connectivity index (χ2v) is 6.14. The number of thiazole rings is 1. The number of amides is 1. The highest BCUT2D eigenvalue weighted by molar-refractivity contribution is 7.19. The summed E-state index contributed by atoms with van der Waals surface area (Å²) in [5, 5.41) is 6.77. The molecule has 0 spiro atoms. The van der Waals surface area contributed by atoms with E-state index in [9.17, 15) is 9.59 Å². The Morgan fingerprint density at radius 3 is 2.79 bits per heavy atom. The van der Waals surface area contributed by atoms with E-state index in [0.717, 1.165) is 24.2 Å². The van der Waals surface area contributed by atoms with E-state index in [2.05, 4.69) is 22.5 Å². The normalized spacial score (nSPS) is 10.2. The van der Waals surface area contributed by atoms with Gasteiger partial charge < -0.3 is 15.8 Å². The van der Waals surface area contributed by atoms with Crippen molar-refractivity contribution in [2.75, 3.05) is 22.9 Å². The van der Waals surface area contributed by atoms with Crippen LogP contribution in [0, 0.1) is 0 Å². The van der Waals surface area contributed by atoms with Crippen LogP contribution in [0.2, 0.25) is 0 Å². The summed E-state index contributed by atoms with van der Waals surface area (Å²) in [5.41, 5.74) is 6.49. The number of nitrogens with two attached hydrogens (primary N) is 1.